The molecule has 0 aromatic heterocycles. The lowest BCUT2D eigenvalue weighted by molar-refractivity contribution is -0.148. The molecule has 0 radical (unpaired) electrons. The Morgan fingerprint density at radius 3 is 2.64 bits per heavy atom. The maximum absolute atomic E-state index is 12.8. The Bertz CT molecular complexity index is 683. The Morgan fingerprint density at radius 1 is 1.28 bits per heavy atom. The van der Waals surface area contributed by atoms with Crippen LogP contribution < -0.4 is 5.32 Å². The molecule has 1 aliphatic rings. The number of benzene rings is 1. The molecule has 0 saturated carbocycles. The van der Waals surface area contributed by atoms with Crippen molar-refractivity contribution in [2.45, 2.75) is 38.1 Å². The van der Waals surface area contributed by atoms with Crippen LogP contribution in [0, 0.1) is 11.3 Å². The molecule has 7 nitrogen and oxygen atoms in total. The zero-order valence-corrected chi connectivity index (χ0v) is 14.2. The minimum Gasteiger partial charge on any atom is -0.464 e. The summed E-state index contributed by atoms with van der Waals surface area (Å²) in [5, 5.41) is 11.2. The lowest BCUT2D eigenvalue weighted by Gasteiger charge is -2.25. The van der Waals surface area contributed by atoms with Crippen molar-refractivity contribution in [3.63, 3.8) is 0 Å². The fourth-order valence-electron chi connectivity index (χ4n) is 2.80. The predicted molar refractivity (Wildman–Crippen MR) is 89.1 cm³/mol. The van der Waals surface area contributed by atoms with E-state index in [1.807, 2.05) is 19.1 Å². The standard InChI is InChI=1S/C18H21N3O4/c1-2-18(14-9-5-3-6-10-14)16(23)21(17(24)20-18)13-15(22)25-12-8-4-7-11-19/h3,5-6,9-10H,2,4,7-8,12-13H2,1H3,(H,20,24)/t18-/m1/s1. The van der Waals surface area contributed by atoms with Gasteiger partial charge in [0.15, 0.2) is 0 Å². The van der Waals surface area contributed by atoms with Gasteiger partial charge in [-0.05, 0) is 24.8 Å². The molecule has 3 amide bonds. The van der Waals surface area contributed by atoms with Crippen molar-refractivity contribution in [3.8, 4) is 6.07 Å². The van der Waals surface area contributed by atoms with Crippen LogP contribution in [-0.4, -0.2) is 36.0 Å². The molecular formula is C18H21N3O4. The Labute approximate surface area is 146 Å². The first-order valence-corrected chi connectivity index (χ1v) is 8.27. The second kappa shape index (κ2) is 8.29. The maximum Gasteiger partial charge on any atom is 0.326 e. The number of esters is 1. The number of carbonyl (C=O) groups is 3. The third kappa shape index (κ3) is 3.97. The highest BCUT2D eigenvalue weighted by molar-refractivity contribution is 6.09. The number of hydrogen-bond donors (Lipinski definition) is 1. The topological polar surface area (TPSA) is 99.5 Å². The fraction of sp³-hybridized carbons (Fsp3) is 0.444. The summed E-state index contributed by atoms with van der Waals surface area (Å²) in [5.41, 5.74) is -0.464. The quantitative estimate of drug-likeness (QED) is 0.442. The van der Waals surface area contributed by atoms with E-state index < -0.39 is 30.0 Å². The molecule has 1 atom stereocenters. The number of carbonyl (C=O) groups excluding carboxylic acids is 3. The number of rotatable bonds is 8. The molecule has 1 aliphatic heterocycles. The summed E-state index contributed by atoms with van der Waals surface area (Å²) in [6.45, 7) is 1.56. The summed E-state index contributed by atoms with van der Waals surface area (Å²) in [6, 6.07) is 10.4. The van der Waals surface area contributed by atoms with Gasteiger partial charge in [-0.3, -0.25) is 14.5 Å². The van der Waals surface area contributed by atoms with Gasteiger partial charge in [-0.1, -0.05) is 37.3 Å². The number of amides is 3. The lowest BCUT2D eigenvalue weighted by Crippen LogP contribution is -2.44. The zero-order valence-electron chi connectivity index (χ0n) is 14.2. The predicted octanol–water partition coefficient (Wildman–Crippen LogP) is 2.08. The van der Waals surface area contributed by atoms with Crippen LogP contribution in [0.4, 0.5) is 4.79 Å². The highest BCUT2D eigenvalue weighted by Gasteiger charge is 2.51. The summed E-state index contributed by atoms with van der Waals surface area (Å²) < 4.78 is 5.03. The molecule has 132 valence electrons. The van der Waals surface area contributed by atoms with Crippen molar-refractivity contribution in [3.05, 3.63) is 35.9 Å². The number of nitriles is 1. The SMILES string of the molecule is CC[C@]1(c2ccccc2)NC(=O)N(CC(=O)OCCCCC#N)C1=O. The van der Waals surface area contributed by atoms with Gasteiger partial charge < -0.3 is 10.1 Å². The maximum atomic E-state index is 12.8. The number of imide groups is 1. The Hall–Kier alpha value is -2.88. The van der Waals surface area contributed by atoms with E-state index in [4.69, 9.17) is 10.00 Å². The average molecular weight is 343 g/mol. The number of ether oxygens (including phenoxy) is 1. The Balaban J connectivity index is 2.01. The summed E-state index contributed by atoms with van der Waals surface area (Å²) >= 11 is 0. The normalized spacial score (nSPS) is 19.4. The first kappa shape index (κ1) is 18.5. The smallest absolute Gasteiger partial charge is 0.326 e. The number of urea groups is 1. The molecule has 7 heteroatoms. The van der Waals surface area contributed by atoms with Gasteiger partial charge in [0.05, 0.1) is 12.7 Å². The van der Waals surface area contributed by atoms with E-state index >= 15 is 0 Å². The molecule has 1 fully saturated rings. The van der Waals surface area contributed by atoms with Crippen LogP contribution in [0.15, 0.2) is 30.3 Å². The summed E-state index contributed by atoms with van der Waals surface area (Å²) in [5.74, 6) is -1.09. The third-order valence-electron chi connectivity index (χ3n) is 4.21. The molecule has 1 heterocycles. The van der Waals surface area contributed by atoms with E-state index in [-0.39, 0.29) is 6.61 Å². The van der Waals surface area contributed by atoms with Crippen LogP contribution in [0.25, 0.3) is 0 Å². The van der Waals surface area contributed by atoms with Crippen molar-refractivity contribution in [1.82, 2.24) is 10.2 Å². The lowest BCUT2D eigenvalue weighted by atomic mass is 9.87. The van der Waals surface area contributed by atoms with Gasteiger partial charge in [-0.2, -0.15) is 5.26 Å². The van der Waals surface area contributed by atoms with Gasteiger partial charge in [0.2, 0.25) is 0 Å². The molecular weight excluding hydrogens is 322 g/mol. The minimum atomic E-state index is -1.15. The first-order valence-electron chi connectivity index (χ1n) is 8.27. The van der Waals surface area contributed by atoms with Crippen LogP contribution in [0.5, 0.6) is 0 Å². The van der Waals surface area contributed by atoms with Gasteiger partial charge in [0.25, 0.3) is 5.91 Å². The average Bonchev–Trinajstić information content (AvgIpc) is 2.87. The summed E-state index contributed by atoms with van der Waals surface area (Å²) in [7, 11) is 0. The fourth-order valence-corrected chi connectivity index (χ4v) is 2.80. The molecule has 1 aromatic carbocycles. The van der Waals surface area contributed by atoms with Gasteiger partial charge in [-0.15, -0.1) is 0 Å². The summed E-state index contributed by atoms with van der Waals surface area (Å²) in [6.07, 6.45) is 1.99. The third-order valence-corrected chi connectivity index (χ3v) is 4.21. The molecule has 0 spiro atoms. The molecule has 2 rings (SSSR count). The van der Waals surface area contributed by atoms with Crippen molar-refractivity contribution in [2.75, 3.05) is 13.2 Å². The highest BCUT2D eigenvalue weighted by Crippen LogP contribution is 2.32. The number of unbranched alkanes of at least 4 members (excludes halogenated alkanes) is 2. The Morgan fingerprint density at radius 2 is 2.00 bits per heavy atom. The van der Waals surface area contributed by atoms with Gasteiger partial charge in [0.1, 0.15) is 12.1 Å². The molecule has 0 aliphatic carbocycles. The first-order chi connectivity index (χ1) is 12.0. The molecule has 0 unspecified atom stereocenters. The van der Waals surface area contributed by atoms with E-state index in [9.17, 15) is 14.4 Å². The van der Waals surface area contributed by atoms with Gasteiger partial charge >= 0.3 is 12.0 Å². The van der Waals surface area contributed by atoms with Crippen LogP contribution in [-0.2, 0) is 19.9 Å². The van der Waals surface area contributed by atoms with Gasteiger partial charge in [-0.25, -0.2) is 4.79 Å². The van der Waals surface area contributed by atoms with Crippen molar-refractivity contribution >= 4 is 17.9 Å². The van der Waals surface area contributed by atoms with Crippen molar-refractivity contribution in [2.24, 2.45) is 0 Å². The van der Waals surface area contributed by atoms with Crippen LogP contribution in [0.3, 0.4) is 0 Å². The van der Waals surface area contributed by atoms with Crippen LogP contribution in [0.2, 0.25) is 0 Å². The number of nitrogens with zero attached hydrogens (tertiary/aromatic N) is 2. The zero-order chi connectivity index (χ0) is 18.3. The Kier molecular flexibility index (Phi) is 6.12. The van der Waals surface area contributed by atoms with E-state index in [2.05, 4.69) is 5.32 Å². The van der Waals surface area contributed by atoms with E-state index in [0.29, 0.717) is 31.2 Å². The van der Waals surface area contributed by atoms with Gasteiger partial charge in [0, 0.05) is 6.42 Å². The molecule has 1 saturated heterocycles. The molecule has 0 bridgehead atoms. The van der Waals surface area contributed by atoms with Crippen molar-refractivity contribution in [1.29, 1.82) is 5.26 Å². The highest BCUT2D eigenvalue weighted by atomic mass is 16.5. The molecule has 25 heavy (non-hydrogen) atoms. The van der Waals surface area contributed by atoms with E-state index in [1.165, 1.54) is 0 Å². The van der Waals surface area contributed by atoms with E-state index in [0.717, 1.165) is 4.90 Å². The number of nitrogens with one attached hydrogen (secondary N) is 1. The van der Waals surface area contributed by atoms with E-state index in [1.54, 1.807) is 24.3 Å². The second-order valence-corrected chi connectivity index (χ2v) is 5.78. The number of hydrogen-bond acceptors (Lipinski definition) is 5. The monoisotopic (exact) mass is 343 g/mol. The minimum absolute atomic E-state index is 0.168. The summed E-state index contributed by atoms with van der Waals surface area (Å²) in [4.78, 5) is 37.8. The van der Waals surface area contributed by atoms with Crippen LogP contribution >= 0.6 is 0 Å². The van der Waals surface area contributed by atoms with Crippen LogP contribution in [0.1, 0.15) is 38.2 Å². The second-order valence-electron chi connectivity index (χ2n) is 5.78. The largest absolute Gasteiger partial charge is 0.464 e. The molecule has 1 aromatic rings. The van der Waals surface area contributed by atoms with Crippen molar-refractivity contribution < 1.29 is 19.1 Å². The molecule has 1 N–H and O–H groups in total.